The Morgan fingerprint density at radius 3 is 2.74 bits per heavy atom. The monoisotopic (exact) mass is 272 g/mol. The van der Waals surface area contributed by atoms with Crippen molar-refractivity contribution < 1.29 is 19.1 Å². The van der Waals surface area contributed by atoms with Gasteiger partial charge < -0.3 is 20.1 Å². The number of likely N-dealkylation sites (tertiary alicyclic amines) is 1. The summed E-state index contributed by atoms with van der Waals surface area (Å²) in [6, 6.07) is -0.638. The highest BCUT2D eigenvalue weighted by Gasteiger charge is 2.31. The molecule has 1 heterocycles. The van der Waals surface area contributed by atoms with Crippen LogP contribution in [0.4, 0.5) is 0 Å². The lowest BCUT2D eigenvalue weighted by Gasteiger charge is -2.36. The molecule has 1 amide bonds. The van der Waals surface area contributed by atoms with E-state index >= 15 is 0 Å². The van der Waals surface area contributed by atoms with Gasteiger partial charge in [-0.15, -0.1) is 0 Å². The van der Waals surface area contributed by atoms with Crippen LogP contribution in [0.15, 0.2) is 0 Å². The number of esters is 1. The largest absolute Gasteiger partial charge is 0.469 e. The van der Waals surface area contributed by atoms with Crippen molar-refractivity contribution in [3.63, 3.8) is 0 Å². The third-order valence-electron chi connectivity index (χ3n) is 3.49. The minimum atomic E-state index is -0.557. The fraction of sp³-hybridized carbons (Fsp3) is 0.846. The van der Waals surface area contributed by atoms with Crippen molar-refractivity contribution in [3.05, 3.63) is 0 Å². The number of methoxy groups -OCH3 is 2. The van der Waals surface area contributed by atoms with Gasteiger partial charge in [-0.1, -0.05) is 0 Å². The lowest BCUT2D eigenvalue weighted by Crippen LogP contribution is -2.51. The van der Waals surface area contributed by atoms with Crippen molar-refractivity contribution in [2.75, 3.05) is 27.4 Å². The van der Waals surface area contributed by atoms with Crippen molar-refractivity contribution in [1.29, 1.82) is 0 Å². The molecule has 0 radical (unpaired) electrons. The maximum absolute atomic E-state index is 12.3. The van der Waals surface area contributed by atoms with Gasteiger partial charge in [-0.25, -0.2) is 0 Å². The van der Waals surface area contributed by atoms with Gasteiger partial charge in [-0.05, 0) is 25.7 Å². The van der Waals surface area contributed by atoms with Crippen LogP contribution in [0.5, 0.6) is 0 Å². The molecule has 0 aromatic heterocycles. The Morgan fingerprint density at radius 2 is 2.11 bits per heavy atom. The molecule has 1 aliphatic rings. The highest BCUT2D eigenvalue weighted by molar-refractivity contribution is 5.82. The Morgan fingerprint density at radius 1 is 1.37 bits per heavy atom. The van der Waals surface area contributed by atoms with Crippen LogP contribution < -0.4 is 5.73 Å². The second kappa shape index (κ2) is 8.12. The quantitative estimate of drug-likeness (QED) is 0.703. The van der Waals surface area contributed by atoms with Crippen LogP contribution in [0.2, 0.25) is 0 Å². The number of hydrogen-bond acceptors (Lipinski definition) is 5. The SMILES string of the molecule is COCCC(N)C(=O)N1CCCCC1CC(=O)OC. The van der Waals surface area contributed by atoms with E-state index in [9.17, 15) is 9.59 Å². The van der Waals surface area contributed by atoms with Crippen molar-refractivity contribution in [1.82, 2.24) is 4.90 Å². The predicted octanol–water partition coefficient (Wildman–Crippen LogP) is 0.294. The molecule has 6 nitrogen and oxygen atoms in total. The number of ether oxygens (including phenoxy) is 2. The van der Waals surface area contributed by atoms with E-state index in [4.69, 9.17) is 10.5 Å². The highest BCUT2D eigenvalue weighted by atomic mass is 16.5. The molecule has 0 saturated carbocycles. The molecule has 0 bridgehead atoms. The Labute approximate surface area is 114 Å². The first-order valence-electron chi connectivity index (χ1n) is 6.72. The minimum Gasteiger partial charge on any atom is -0.469 e. The molecule has 0 aromatic rings. The highest BCUT2D eigenvalue weighted by Crippen LogP contribution is 2.21. The van der Waals surface area contributed by atoms with Gasteiger partial charge in [0.15, 0.2) is 0 Å². The number of amides is 1. The predicted molar refractivity (Wildman–Crippen MR) is 70.5 cm³/mol. The van der Waals surface area contributed by atoms with Crippen molar-refractivity contribution >= 4 is 11.9 Å². The second-order valence-corrected chi connectivity index (χ2v) is 4.85. The minimum absolute atomic E-state index is 0.0812. The summed E-state index contributed by atoms with van der Waals surface area (Å²) in [5.41, 5.74) is 5.87. The summed E-state index contributed by atoms with van der Waals surface area (Å²) in [5.74, 6) is -0.374. The number of hydrogen-bond donors (Lipinski definition) is 1. The molecular formula is C13H24N2O4. The zero-order valence-electron chi connectivity index (χ0n) is 11.8. The van der Waals surface area contributed by atoms with E-state index in [0.717, 1.165) is 19.3 Å². The summed E-state index contributed by atoms with van der Waals surface area (Å²) in [6.07, 6.45) is 3.56. The van der Waals surface area contributed by atoms with Gasteiger partial charge in [0.1, 0.15) is 0 Å². The zero-order chi connectivity index (χ0) is 14.3. The van der Waals surface area contributed by atoms with E-state index in [1.54, 1.807) is 12.0 Å². The molecule has 0 aliphatic carbocycles. The summed E-state index contributed by atoms with van der Waals surface area (Å²) >= 11 is 0. The molecular weight excluding hydrogens is 248 g/mol. The Hall–Kier alpha value is -1.14. The normalized spacial score (nSPS) is 21.0. The first kappa shape index (κ1) is 15.9. The lowest BCUT2D eigenvalue weighted by molar-refractivity contribution is -0.145. The fourth-order valence-corrected chi connectivity index (χ4v) is 2.36. The summed E-state index contributed by atoms with van der Waals surface area (Å²) in [5, 5.41) is 0. The summed E-state index contributed by atoms with van der Waals surface area (Å²) in [4.78, 5) is 25.4. The van der Waals surface area contributed by atoms with Gasteiger partial charge in [0.2, 0.25) is 5.91 Å². The van der Waals surface area contributed by atoms with Crippen molar-refractivity contribution in [2.45, 2.75) is 44.2 Å². The van der Waals surface area contributed by atoms with Crippen LogP contribution in [0, 0.1) is 0 Å². The van der Waals surface area contributed by atoms with Gasteiger partial charge in [0.25, 0.3) is 0 Å². The molecule has 110 valence electrons. The molecule has 2 atom stereocenters. The fourth-order valence-electron chi connectivity index (χ4n) is 2.36. The number of piperidine rings is 1. The number of rotatable bonds is 6. The number of carbonyl (C=O) groups excluding carboxylic acids is 2. The van der Waals surface area contributed by atoms with Gasteiger partial charge in [0, 0.05) is 26.3 Å². The van der Waals surface area contributed by atoms with E-state index in [1.807, 2.05) is 0 Å². The maximum Gasteiger partial charge on any atom is 0.307 e. The summed E-state index contributed by atoms with van der Waals surface area (Å²) in [6.45, 7) is 1.13. The van der Waals surface area contributed by atoms with E-state index in [-0.39, 0.29) is 24.3 Å². The smallest absolute Gasteiger partial charge is 0.307 e. The molecule has 6 heteroatoms. The topological polar surface area (TPSA) is 81.9 Å². The van der Waals surface area contributed by atoms with Crippen LogP contribution in [-0.4, -0.2) is 56.2 Å². The number of nitrogens with zero attached hydrogens (tertiary/aromatic N) is 1. The van der Waals surface area contributed by atoms with Gasteiger partial charge in [-0.3, -0.25) is 9.59 Å². The van der Waals surface area contributed by atoms with Crippen LogP contribution in [0.3, 0.4) is 0 Å². The molecule has 1 saturated heterocycles. The average Bonchev–Trinajstić information content (AvgIpc) is 2.44. The second-order valence-electron chi connectivity index (χ2n) is 4.85. The van der Waals surface area contributed by atoms with E-state index in [1.165, 1.54) is 7.11 Å². The Kier molecular flexibility index (Phi) is 6.80. The van der Waals surface area contributed by atoms with Crippen LogP contribution in [0.1, 0.15) is 32.1 Å². The molecule has 0 aromatic carbocycles. The third-order valence-corrected chi connectivity index (χ3v) is 3.49. The maximum atomic E-state index is 12.3. The number of nitrogens with two attached hydrogens (primary N) is 1. The molecule has 1 rings (SSSR count). The summed E-state index contributed by atoms with van der Waals surface area (Å²) < 4.78 is 9.61. The van der Waals surface area contributed by atoms with E-state index in [2.05, 4.69) is 4.74 Å². The molecule has 1 fully saturated rings. The van der Waals surface area contributed by atoms with Crippen LogP contribution >= 0.6 is 0 Å². The Bertz CT molecular complexity index is 309. The van der Waals surface area contributed by atoms with Crippen LogP contribution in [-0.2, 0) is 19.1 Å². The molecule has 19 heavy (non-hydrogen) atoms. The molecule has 2 N–H and O–H groups in total. The zero-order valence-corrected chi connectivity index (χ0v) is 11.8. The van der Waals surface area contributed by atoms with Gasteiger partial charge in [-0.2, -0.15) is 0 Å². The number of carbonyl (C=O) groups is 2. The van der Waals surface area contributed by atoms with Crippen LogP contribution in [0.25, 0.3) is 0 Å². The lowest BCUT2D eigenvalue weighted by atomic mass is 9.98. The van der Waals surface area contributed by atoms with E-state index in [0.29, 0.717) is 19.6 Å². The van der Waals surface area contributed by atoms with E-state index < -0.39 is 6.04 Å². The average molecular weight is 272 g/mol. The van der Waals surface area contributed by atoms with Gasteiger partial charge in [0.05, 0.1) is 19.6 Å². The molecule has 0 spiro atoms. The Balaban J connectivity index is 2.59. The standard InChI is InChI=1S/C13H24N2O4/c1-18-8-6-11(14)13(17)15-7-4-3-5-10(15)9-12(16)19-2/h10-11H,3-9,14H2,1-2H3. The first-order valence-corrected chi connectivity index (χ1v) is 6.72. The van der Waals surface area contributed by atoms with Crippen molar-refractivity contribution in [3.8, 4) is 0 Å². The third kappa shape index (κ3) is 4.80. The van der Waals surface area contributed by atoms with Gasteiger partial charge >= 0.3 is 5.97 Å². The molecule has 1 aliphatic heterocycles. The molecule has 2 unspecified atom stereocenters. The van der Waals surface area contributed by atoms with Crippen molar-refractivity contribution in [2.24, 2.45) is 5.73 Å². The summed E-state index contributed by atoms with van der Waals surface area (Å²) in [7, 11) is 2.94. The first-order chi connectivity index (χ1) is 9.10.